The van der Waals surface area contributed by atoms with Crippen molar-refractivity contribution in [1.82, 2.24) is 10.3 Å². The Bertz CT molecular complexity index is 1150. The largest absolute Gasteiger partial charge is 0.467 e. The SMILES string of the molecule is CC1Cc2ccccc2N1Cc1occc1C(=O)NCc1nc2ccccc2s1. The van der Waals surface area contributed by atoms with Gasteiger partial charge in [0.1, 0.15) is 10.8 Å². The Morgan fingerprint density at radius 1 is 1.21 bits per heavy atom. The molecule has 0 saturated heterocycles. The second-order valence-corrected chi connectivity index (χ2v) is 8.44. The molecule has 1 aliphatic rings. The van der Waals surface area contributed by atoms with Crippen LogP contribution in [0.2, 0.25) is 0 Å². The lowest BCUT2D eigenvalue weighted by Gasteiger charge is -2.24. The zero-order valence-corrected chi connectivity index (χ0v) is 16.9. The number of rotatable bonds is 5. The van der Waals surface area contributed by atoms with Crippen molar-refractivity contribution in [2.24, 2.45) is 0 Å². The number of carbonyl (C=O) groups excluding carboxylic acids is 1. The van der Waals surface area contributed by atoms with Gasteiger partial charge < -0.3 is 14.6 Å². The molecule has 1 atom stereocenters. The number of aromatic nitrogens is 1. The first-order chi connectivity index (χ1) is 14.2. The van der Waals surface area contributed by atoms with Crippen LogP contribution in [0.5, 0.6) is 0 Å². The van der Waals surface area contributed by atoms with Crippen LogP contribution >= 0.6 is 11.3 Å². The van der Waals surface area contributed by atoms with E-state index < -0.39 is 0 Å². The average Bonchev–Trinajstić information content (AvgIpc) is 3.44. The molecule has 4 aromatic rings. The molecule has 1 amide bonds. The molecule has 0 saturated carbocycles. The molecule has 3 heterocycles. The van der Waals surface area contributed by atoms with Gasteiger partial charge in [-0.2, -0.15) is 0 Å². The summed E-state index contributed by atoms with van der Waals surface area (Å²) in [6, 6.07) is 18.5. The molecule has 0 bridgehead atoms. The Balaban J connectivity index is 1.30. The van der Waals surface area contributed by atoms with Gasteiger partial charge in [0.15, 0.2) is 0 Å². The van der Waals surface area contributed by atoms with E-state index >= 15 is 0 Å². The molecule has 6 heteroatoms. The molecule has 2 aromatic carbocycles. The highest BCUT2D eigenvalue weighted by Crippen LogP contribution is 2.33. The zero-order chi connectivity index (χ0) is 19.8. The third kappa shape index (κ3) is 3.40. The summed E-state index contributed by atoms with van der Waals surface area (Å²) in [6.45, 7) is 3.19. The van der Waals surface area contributed by atoms with Crippen LogP contribution < -0.4 is 10.2 Å². The van der Waals surface area contributed by atoms with E-state index in [1.807, 2.05) is 24.3 Å². The predicted octanol–water partition coefficient (Wildman–Crippen LogP) is 4.77. The van der Waals surface area contributed by atoms with E-state index in [0.29, 0.717) is 30.5 Å². The standard InChI is InChI=1S/C23H21N3O2S/c1-15-12-16-6-2-4-8-19(16)26(15)14-20-17(10-11-28-20)23(27)24-13-22-25-18-7-3-5-9-21(18)29-22/h2-11,15H,12-14H2,1H3,(H,24,27). The average molecular weight is 404 g/mol. The van der Waals surface area contributed by atoms with E-state index in [1.165, 1.54) is 11.3 Å². The molecular formula is C23H21N3O2S. The number of nitrogens with zero attached hydrogens (tertiary/aromatic N) is 2. The summed E-state index contributed by atoms with van der Waals surface area (Å²) in [6.07, 6.45) is 2.60. The maximum absolute atomic E-state index is 12.8. The number of hydrogen-bond donors (Lipinski definition) is 1. The molecule has 0 aliphatic carbocycles. The van der Waals surface area contributed by atoms with Crippen molar-refractivity contribution < 1.29 is 9.21 Å². The van der Waals surface area contributed by atoms with Crippen molar-refractivity contribution in [1.29, 1.82) is 0 Å². The third-order valence-corrected chi connectivity index (χ3v) is 6.43. The van der Waals surface area contributed by atoms with Gasteiger partial charge in [0.25, 0.3) is 5.91 Å². The zero-order valence-electron chi connectivity index (χ0n) is 16.1. The Morgan fingerprint density at radius 2 is 2.03 bits per heavy atom. The van der Waals surface area contributed by atoms with Crippen LogP contribution in [0.1, 0.15) is 33.6 Å². The number of furan rings is 1. The molecule has 1 N–H and O–H groups in total. The Hall–Kier alpha value is -3.12. The fraction of sp³-hybridized carbons (Fsp3) is 0.217. The van der Waals surface area contributed by atoms with Gasteiger partial charge in [-0.3, -0.25) is 4.79 Å². The summed E-state index contributed by atoms with van der Waals surface area (Å²) >= 11 is 1.60. The van der Waals surface area contributed by atoms with Gasteiger partial charge in [0, 0.05) is 11.7 Å². The maximum Gasteiger partial charge on any atom is 0.255 e. The van der Waals surface area contributed by atoms with Crippen molar-refractivity contribution in [3.05, 3.63) is 82.8 Å². The van der Waals surface area contributed by atoms with E-state index in [0.717, 1.165) is 21.6 Å². The smallest absolute Gasteiger partial charge is 0.255 e. The molecule has 0 fully saturated rings. The van der Waals surface area contributed by atoms with Gasteiger partial charge in [-0.05, 0) is 43.2 Å². The molecular weight excluding hydrogens is 382 g/mol. The molecule has 146 valence electrons. The van der Waals surface area contributed by atoms with Gasteiger partial charge in [-0.15, -0.1) is 11.3 Å². The number of benzene rings is 2. The van der Waals surface area contributed by atoms with Crippen LogP contribution in [0.25, 0.3) is 10.2 Å². The molecule has 5 rings (SSSR count). The first-order valence-corrected chi connectivity index (χ1v) is 10.5. The highest BCUT2D eigenvalue weighted by atomic mass is 32.1. The monoisotopic (exact) mass is 403 g/mol. The molecule has 0 spiro atoms. The number of amides is 1. The lowest BCUT2D eigenvalue weighted by molar-refractivity contribution is 0.0949. The first kappa shape index (κ1) is 17.9. The molecule has 29 heavy (non-hydrogen) atoms. The van der Waals surface area contributed by atoms with Crippen LogP contribution in [0.4, 0.5) is 5.69 Å². The summed E-state index contributed by atoms with van der Waals surface area (Å²) in [5.74, 6) is 0.559. The number of hydrogen-bond acceptors (Lipinski definition) is 5. The van der Waals surface area contributed by atoms with E-state index in [1.54, 1.807) is 23.7 Å². The number of carbonyl (C=O) groups is 1. The van der Waals surface area contributed by atoms with Crippen LogP contribution in [0, 0.1) is 0 Å². The van der Waals surface area contributed by atoms with Crippen molar-refractivity contribution in [3.8, 4) is 0 Å². The van der Waals surface area contributed by atoms with Crippen LogP contribution in [-0.2, 0) is 19.5 Å². The number of thiazole rings is 1. The summed E-state index contributed by atoms with van der Waals surface area (Å²) in [5, 5.41) is 3.88. The fourth-order valence-electron chi connectivity index (χ4n) is 3.94. The van der Waals surface area contributed by atoms with Crippen molar-refractivity contribution in [2.45, 2.75) is 32.5 Å². The predicted molar refractivity (Wildman–Crippen MR) is 115 cm³/mol. The minimum Gasteiger partial charge on any atom is -0.467 e. The quantitative estimate of drug-likeness (QED) is 0.521. The van der Waals surface area contributed by atoms with E-state index in [-0.39, 0.29) is 5.91 Å². The second-order valence-electron chi connectivity index (χ2n) is 7.33. The van der Waals surface area contributed by atoms with Crippen molar-refractivity contribution in [2.75, 3.05) is 4.90 Å². The Kier molecular flexibility index (Phi) is 4.56. The fourth-order valence-corrected chi connectivity index (χ4v) is 4.84. The van der Waals surface area contributed by atoms with Crippen molar-refractivity contribution in [3.63, 3.8) is 0 Å². The minimum atomic E-state index is -0.131. The molecule has 1 aliphatic heterocycles. The van der Waals surface area contributed by atoms with Crippen LogP contribution in [0.3, 0.4) is 0 Å². The number of nitrogens with one attached hydrogen (secondary N) is 1. The van der Waals surface area contributed by atoms with Crippen molar-refractivity contribution >= 4 is 33.1 Å². The van der Waals surface area contributed by atoms with Gasteiger partial charge in [0.05, 0.1) is 35.1 Å². The van der Waals surface area contributed by atoms with Gasteiger partial charge in [0.2, 0.25) is 0 Å². The number of anilines is 1. The second kappa shape index (κ2) is 7.37. The molecule has 5 nitrogen and oxygen atoms in total. The normalized spacial score (nSPS) is 15.6. The summed E-state index contributed by atoms with van der Waals surface area (Å²) in [4.78, 5) is 19.7. The Labute approximate surface area is 173 Å². The number of para-hydroxylation sites is 2. The maximum atomic E-state index is 12.8. The lowest BCUT2D eigenvalue weighted by Crippen LogP contribution is -2.30. The highest BCUT2D eigenvalue weighted by molar-refractivity contribution is 7.18. The van der Waals surface area contributed by atoms with Gasteiger partial charge in [-0.1, -0.05) is 30.3 Å². The van der Waals surface area contributed by atoms with Crippen LogP contribution in [0.15, 0.2) is 65.3 Å². The van der Waals surface area contributed by atoms with Gasteiger partial charge in [-0.25, -0.2) is 4.98 Å². The highest BCUT2D eigenvalue weighted by Gasteiger charge is 2.28. The van der Waals surface area contributed by atoms with Crippen LogP contribution in [-0.4, -0.2) is 16.9 Å². The topological polar surface area (TPSA) is 58.4 Å². The summed E-state index contributed by atoms with van der Waals surface area (Å²) in [5.41, 5.74) is 4.11. The summed E-state index contributed by atoms with van der Waals surface area (Å²) in [7, 11) is 0. The molecule has 2 aromatic heterocycles. The van der Waals surface area contributed by atoms with E-state index in [2.05, 4.69) is 46.4 Å². The van der Waals surface area contributed by atoms with E-state index in [4.69, 9.17) is 4.42 Å². The minimum absolute atomic E-state index is 0.131. The molecule has 0 radical (unpaired) electrons. The first-order valence-electron chi connectivity index (χ1n) is 9.72. The number of fused-ring (bicyclic) bond motifs is 2. The Morgan fingerprint density at radius 3 is 2.93 bits per heavy atom. The van der Waals surface area contributed by atoms with Gasteiger partial charge >= 0.3 is 0 Å². The summed E-state index contributed by atoms with van der Waals surface area (Å²) < 4.78 is 6.82. The third-order valence-electron chi connectivity index (χ3n) is 5.39. The lowest BCUT2D eigenvalue weighted by atomic mass is 10.1. The van der Waals surface area contributed by atoms with E-state index in [9.17, 15) is 4.79 Å². The molecule has 1 unspecified atom stereocenters.